The normalized spacial score (nSPS) is 13.0. The van der Waals surface area contributed by atoms with Crippen molar-refractivity contribution in [1.29, 1.82) is 0 Å². The highest BCUT2D eigenvalue weighted by Crippen LogP contribution is 2.20. The lowest BCUT2D eigenvalue weighted by atomic mass is 10.2. The summed E-state index contributed by atoms with van der Waals surface area (Å²) in [7, 11) is -2.86. The lowest BCUT2D eigenvalue weighted by molar-refractivity contribution is 0.0141. The highest BCUT2D eigenvalue weighted by Gasteiger charge is 2.41. The Bertz CT molecular complexity index is 437. The van der Waals surface area contributed by atoms with Crippen LogP contribution in [0.1, 0.15) is 52.7 Å². The van der Waals surface area contributed by atoms with Crippen LogP contribution in [-0.4, -0.2) is 27.1 Å². The van der Waals surface area contributed by atoms with Gasteiger partial charge in [-0.05, 0) is 59.7 Å². The molecule has 0 aliphatic heterocycles. The maximum absolute atomic E-state index is 6.11. The smallest absolute Gasteiger partial charge is 0.368 e. The fourth-order valence-electron chi connectivity index (χ4n) is 2.06. The van der Waals surface area contributed by atoms with Crippen molar-refractivity contribution in [2.24, 2.45) is 0 Å². The molecule has 0 spiro atoms. The van der Waals surface area contributed by atoms with E-state index in [-0.39, 0.29) is 18.3 Å². The predicted molar refractivity (Wildman–Crippen MR) is 94.6 cm³/mol. The van der Waals surface area contributed by atoms with Gasteiger partial charge in [-0.15, -0.1) is 0 Å². The highest BCUT2D eigenvalue weighted by atomic mass is 28.4. The van der Waals surface area contributed by atoms with E-state index in [1.165, 1.54) is 5.56 Å². The zero-order valence-corrected chi connectivity index (χ0v) is 15.9. The summed E-state index contributed by atoms with van der Waals surface area (Å²) >= 11 is 0. The lowest BCUT2D eigenvalue weighted by Crippen LogP contribution is -2.49. The predicted octanol–water partition coefficient (Wildman–Crippen LogP) is 4.76. The molecule has 3 nitrogen and oxygen atoms in total. The summed E-state index contributed by atoms with van der Waals surface area (Å²) in [6.07, 6.45) is 2.18. The van der Waals surface area contributed by atoms with E-state index in [2.05, 4.69) is 31.2 Å². The van der Waals surface area contributed by atoms with Crippen molar-refractivity contribution >= 4 is 14.9 Å². The molecule has 0 N–H and O–H groups in total. The van der Waals surface area contributed by atoms with Crippen molar-refractivity contribution < 1.29 is 13.3 Å². The second-order valence-electron chi connectivity index (χ2n) is 6.35. The summed E-state index contributed by atoms with van der Waals surface area (Å²) in [6, 6.07) is 8.37. The molecule has 22 heavy (non-hydrogen) atoms. The van der Waals surface area contributed by atoms with Crippen LogP contribution in [0, 0.1) is 6.92 Å². The molecule has 1 rings (SSSR count). The van der Waals surface area contributed by atoms with E-state index >= 15 is 0 Å². The second-order valence-corrected chi connectivity index (χ2v) is 8.59. The molecule has 124 valence electrons. The molecular formula is C18H30O3Si. The van der Waals surface area contributed by atoms with E-state index in [0.717, 1.165) is 5.56 Å². The van der Waals surface area contributed by atoms with Crippen LogP contribution >= 0.6 is 0 Å². The molecule has 4 heteroatoms. The monoisotopic (exact) mass is 322 g/mol. The molecule has 0 unspecified atom stereocenters. The average Bonchev–Trinajstić information content (AvgIpc) is 2.35. The number of hydrogen-bond donors (Lipinski definition) is 0. The Morgan fingerprint density at radius 3 is 1.55 bits per heavy atom. The first kappa shape index (κ1) is 19.1. The van der Waals surface area contributed by atoms with E-state index < -0.39 is 8.80 Å². The summed E-state index contributed by atoms with van der Waals surface area (Å²) < 4.78 is 18.3. The first-order valence-corrected chi connectivity index (χ1v) is 9.82. The molecule has 0 atom stereocenters. The summed E-state index contributed by atoms with van der Waals surface area (Å²) in [5, 5.41) is 0. The topological polar surface area (TPSA) is 27.7 Å². The van der Waals surface area contributed by atoms with E-state index in [1.54, 1.807) is 0 Å². The minimum absolute atomic E-state index is 0.0480. The van der Waals surface area contributed by atoms with Gasteiger partial charge in [0.1, 0.15) is 0 Å². The van der Waals surface area contributed by atoms with Crippen molar-refractivity contribution in [1.82, 2.24) is 0 Å². The Morgan fingerprint density at radius 2 is 1.18 bits per heavy atom. The molecule has 0 aliphatic carbocycles. The van der Waals surface area contributed by atoms with Gasteiger partial charge in [-0.25, -0.2) is 0 Å². The van der Waals surface area contributed by atoms with Gasteiger partial charge in [0.05, 0.1) is 0 Å². The van der Waals surface area contributed by atoms with Gasteiger partial charge < -0.3 is 13.3 Å². The zero-order valence-electron chi connectivity index (χ0n) is 14.9. The standard InChI is InChI=1S/C18H30O3Si/c1-14(2)19-22(20-15(3)4,21-16(5)6)13-12-18-10-8-17(7)9-11-18/h8-16H,1-7H3/b13-12+. The first-order chi connectivity index (χ1) is 10.2. The molecule has 0 saturated carbocycles. The van der Waals surface area contributed by atoms with Crippen molar-refractivity contribution in [3.05, 3.63) is 41.1 Å². The van der Waals surface area contributed by atoms with Gasteiger partial charge in [0.15, 0.2) is 0 Å². The van der Waals surface area contributed by atoms with Crippen LogP contribution in [0.5, 0.6) is 0 Å². The van der Waals surface area contributed by atoms with E-state index in [4.69, 9.17) is 13.3 Å². The number of aryl methyl sites for hydroxylation is 1. The van der Waals surface area contributed by atoms with Gasteiger partial charge in [0, 0.05) is 18.3 Å². The number of benzene rings is 1. The SMILES string of the molecule is Cc1ccc(/C=C/[Si](OC(C)C)(OC(C)C)OC(C)C)cc1. The van der Waals surface area contributed by atoms with Gasteiger partial charge in [0.25, 0.3) is 0 Å². The summed E-state index contributed by atoms with van der Waals surface area (Å²) in [5.41, 5.74) is 4.36. The number of hydrogen-bond acceptors (Lipinski definition) is 3. The van der Waals surface area contributed by atoms with E-state index in [9.17, 15) is 0 Å². The molecule has 0 bridgehead atoms. The van der Waals surface area contributed by atoms with Gasteiger partial charge in [-0.3, -0.25) is 0 Å². The Morgan fingerprint density at radius 1 is 0.773 bits per heavy atom. The molecule has 0 amide bonds. The fourth-order valence-corrected chi connectivity index (χ4v) is 4.83. The zero-order chi connectivity index (χ0) is 16.8. The Balaban J connectivity index is 3.06. The molecule has 0 radical (unpaired) electrons. The average molecular weight is 323 g/mol. The van der Waals surface area contributed by atoms with Gasteiger partial charge in [-0.1, -0.05) is 35.9 Å². The van der Waals surface area contributed by atoms with Crippen LogP contribution in [0.2, 0.25) is 0 Å². The largest absolute Gasteiger partial charge is 0.530 e. The summed E-state index contributed by atoms with van der Waals surface area (Å²) in [5.74, 6) is 0. The maximum atomic E-state index is 6.11. The third-order valence-corrected chi connectivity index (χ3v) is 5.73. The lowest BCUT2D eigenvalue weighted by Gasteiger charge is -2.32. The minimum atomic E-state index is -2.86. The van der Waals surface area contributed by atoms with Crippen LogP contribution < -0.4 is 0 Å². The van der Waals surface area contributed by atoms with Crippen molar-refractivity contribution in [2.75, 3.05) is 0 Å². The molecule has 1 aromatic rings. The quantitative estimate of drug-likeness (QED) is 0.646. The van der Waals surface area contributed by atoms with Crippen molar-refractivity contribution in [3.8, 4) is 0 Å². The van der Waals surface area contributed by atoms with Crippen LogP contribution in [0.15, 0.2) is 30.0 Å². The molecule has 0 fully saturated rings. The van der Waals surface area contributed by atoms with Gasteiger partial charge in [-0.2, -0.15) is 0 Å². The Hall–Kier alpha value is -0.943. The van der Waals surface area contributed by atoms with E-state index in [1.807, 2.05) is 53.3 Å². The highest BCUT2D eigenvalue weighted by molar-refractivity contribution is 6.67. The maximum Gasteiger partial charge on any atom is 0.530 e. The molecule has 0 heterocycles. The third kappa shape index (κ3) is 6.88. The molecule has 0 aromatic heterocycles. The van der Waals surface area contributed by atoms with Gasteiger partial charge in [0.2, 0.25) is 0 Å². The van der Waals surface area contributed by atoms with Crippen LogP contribution in [0.4, 0.5) is 0 Å². The van der Waals surface area contributed by atoms with Crippen molar-refractivity contribution in [2.45, 2.75) is 66.8 Å². The minimum Gasteiger partial charge on any atom is -0.368 e. The van der Waals surface area contributed by atoms with E-state index in [0.29, 0.717) is 0 Å². The van der Waals surface area contributed by atoms with Crippen LogP contribution in [0.25, 0.3) is 6.08 Å². The fraction of sp³-hybridized carbons (Fsp3) is 0.556. The molecule has 0 saturated heterocycles. The summed E-state index contributed by atoms with van der Waals surface area (Å²) in [4.78, 5) is 0. The molecular weight excluding hydrogens is 292 g/mol. The molecule has 0 aliphatic rings. The summed E-state index contributed by atoms with van der Waals surface area (Å²) in [6.45, 7) is 14.1. The Kier molecular flexibility index (Phi) is 7.49. The second kappa shape index (κ2) is 8.63. The van der Waals surface area contributed by atoms with Crippen LogP contribution in [0.3, 0.4) is 0 Å². The van der Waals surface area contributed by atoms with Crippen molar-refractivity contribution in [3.63, 3.8) is 0 Å². The van der Waals surface area contributed by atoms with Crippen LogP contribution in [-0.2, 0) is 13.3 Å². The Labute approximate surface area is 136 Å². The molecule has 1 aromatic carbocycles. The first-order valence-electron chi connectivity index (χ1n) is 8.02. The van der Waals surface area contributed by atoms with Gasteiger partial charge >= 0.3 is 8.80 Å². The number of rotatable bonds is 8. The third-order valence-electron chi connectivity index (χ3n) is 2.76.